The molecule has 0 aromatic heterocycles. The van der Waals surface area contributed by atoms with Crippen molar-refractivity contribution in [1.29, 1.82) is 0 Å². The summed E-state index contributed by atoms with van der Waals surface area (Å²) >= 11 is 0. The molecule has 0 saturated heterocycles. The molecule has 0 spiro atoms. The maximum atomic E-state index is 3.03. The second-order valence-electron chi connectivity index (χ2n) is 3.54. The summed E-state index contributed by atoms with van der Waals surface area (Å²) in [6, 6.07) is 11.4. The molecule has 0 heterocycles. The van der Waals surface area contributed by atoms with Crippen LogP contribution in [0, 0.1) is 6.07 Å². The molecule has 0 nitrogen and oxygen atoms in total. The average Bonchev–Trinajstić information content (AvgIpc) is 1.88. The molecular formula is C9H13BrMgSi. The van der Waals surface area contributed by atoms with Crippen LogP contribution < -0.4 is 22.2 Å². The summed E-state index contributed by atoms with van der Waals surface area (Å²) in [6.45, 7) is 7.05. The van der Waals surface area contributed by atoms with Gasteiger partial charge in [-0.25, -0.2) is 0 Å². The summed E-state index contributed by atoms with van der Waals surface area (Å²) in [5.74, 6) is 0. The van der Waals surface area contributed by atoms with Crippen molar-refractivity contribution >= 4 is 36.3 Å². The van der Waals surface area contributed by atoms with Crippen LogP contribution in [0.15, 0.2) is 24.3 Å². The number of halogens is 1. The number of hydrogen-bond acceptors (Lipinski definition) is 0. The van der Waals surface area contributed by atoms with E-state index in [2.05, 4.69) is 37.8 Å². The Morgan fingerprint density at radius 2 is 1.50 bits per heavy atom. The molecule has 62 valence electrons. The predicted octanol–water partition coefficient (Wildman–Crippen LogP) is -1.34. The molecule has 0 aliphatic carbocycles. The van der Waals surface area contributed by atoms with E-state index in [1.165, 1.54) is 5.19 Å². The molecule has 0 N–H and O–H groups in total. The first-order chi connectivity index (χ1) is 4.61. The standard InChI is InChI=1S/C9H13Si.BrH.Mg/c1-10(2,3)9-7-5-4-6-8-9;;/h5-8H,1-3H3;1H;/q-1;;+2/p-1. The van der Waals surface area contributed by atoms with Crippen molar-refractivity contribution in [3.05, 3.63) is 30.3 Å². The quantitative estimate of drug-likeness (QED) is 0.429. The number of hydrogen-bond donors (Lipinski definition) is 0. The van der Waals surface area contributed by atoms with Gasteiger partial charge in [-0.05, 0) is 0 Å². The van der Waals surface area contributed by atoms with Crippen molar-refractivity contribution in [3.63, 3.8) is 0 Å². The monoisotopic (exact) mass is 252 g/mol. The first kappa shape index (κ1) is 15.2. The Balaban J connectivity index is 0. The molecule has 0 radical (unpaired) electrons. The van der Waals surface area contributed by atoms with E-state index in [-0.39, 0.29) is 40.0 Å². The van der Waals surface area contributed by atoms with Gasteiger partial charge in [0.05, 0.1) is 8.07 Å². The van der Waals surface area contributed by atoms with Crippen LogP contribution >= 0.6 is 0 Å². The van der Waals surface area contributed by atoms with Crippen molar-refractivity contribution in [2.24, 2.45) is 0 Å². The van der Waals surface area contributed by atoms with E-state index in [1.807, 2.05) is 12.1 Å². The van der Waals surface area contributed by atoms with Gasteiger partial charge < -0.3 is 17.0 Å². The molecule has 0 aliphatic rings. The SMILES string of the molecule is C[Si](C)(C)c1cc[c-]cc1.[Br-].[Mg+2]. The van der Waals surface area contributed by atoms with Crippen LogP contribution in [-0.4, -0.2) is 31.1 Å². The molecular weight excluding hydrogens is 240 g/mol. The van der Waals surface area contributed by atoms with Crippen LogP contribution in [0.5, 0.6) is 0 Å². The zero-order valence-electron chi connectivity index (χ0n) is 7.89. The fourth-order valence-corrected chi connectivity index (χ4v) is 2.05. The van der Waals surface area contributed by atoms with Gasteiger partial charge in [-0.3, -0.25) is 0 Å². The van der Waals surface area contributed by atoms with Crippen LogP contribution in [0.25, 0.3) is 0 Å². The van der Waals surface area contributed by atoms with E-state index in [4.69, 9.17) is 0 Å². The van der Waals surface area contributed by atoms with E-state index in [9.17, 15) is 0 Å². The number of rotatable bonds is 1. The Morgan fingerprint density at radius 1 is 1.08 bits per heavy atom. The molecule has 0 aliphatic heterocycles. The minimum atomic E-state index is -1.05. The van der Waals surface area contributed by atoms with Crippen molar-refractivity contribution in [3.8, 4) is 0 Å². The topological polar surface area (TPSA) is 0 Å². The summed E-state index contributed by atoms with van der Waals surface area (Å²) in [5.41, 5.74) is 0. The van der Waals surface area contributed by atoms with Gasteiger partial charge in [-0.1, -0.05) is 19.6 Å². The Kier molecular flexibility index (Phi) is 7.82. The number of benzene rings is 1. The fraction of sp³-hybridized carbons (Fsp3) is 0.333. The van der Waals surface area contributed by atoms with Crippen LogP contribution in [0.2, 0.25) is 19.6 Å². The fourth-order valence-electron chi connectivity index (χ4n) is 0.887. The van der Waals surface area contributed by atoms with Gasteiger partial charge in [0.25, 0.3) is 0 Å². The molecule has 0 fully saturated rings. The van der Waals surface area contributed by atoms with Gasteiger partial charge >= 0.3 is 23.1 Å². The van der Waals surface area contributed by atoms with Crippen LogP contribution in [0.4, 0.5) is 0 Å². The summed E-state index contributed by atoms with van der Waals surface area (Å²) in [5, 5.41) is 1.51. The summed E-state index contributed by atoms with van der Waals surface area (Å²) in [4.78, 5) is 0. The van der Waals surface area contributed by atoms with Crippen molar-refractivity contribution in [2.75, 3.05) is 0 Å². The van der Waals surface area contributed by atoms with Crippen molar-refractivity contribution in [2.45, 2.75) is 19.6 Å². The van der Waals surface area contributed by atoms with Crippen LogP contribution in [-0.2, 0) is 0 Å². The zero-order chi connectivity index (χ0) is 7.61. The van der Waals surface area contributed by atoms with Gasteiger partial charge in [0.15, 0.2) is 0 Å². The van der Waals surface area contributed by atoms with Crippen molar-refractivity contribution in [1.82, 2.24) is 0 Å². The van der Waals surface area contributed by atoms with Crippen molar-refractivity contribution < 1.29 is 17.0 Å². The van der Waals surface area contributed by atoms with Gasteiger partial charge in [-0.2, -0.15) is 35.5 Å². The third-order valence-corrected chi connectivity index (χ3v) is 3.65. The van der Waals surface area contributed by atoms with E-state index in [1.54, 1.807) is 0 Å². The molecule has 0 atom stereocenters. The van der Waals surface area contributed by atoms with E-state index < -0.39 is 8.07 Å². The van der Waals surface area contributed by atoms with Gasteiger partial charge in [0.2, 0.25) is 0 Å². The summed E-state index contributed by atoms with van der Waals surface area (Å²) in [6.07, 6.45) is 0. The Bertz CT molecular complexity index is 206. The van der Waals surface area contributed by atoms with Crippen LogP contribution in [0.3, 0.4) is 0 Å². The summed E-state index contributed by atoms with van der Waals surface area (Å²) < 4.78 is 0. The van der Waals surface area contributed by atoms with E-state index in [0.29, 0.717) is 0 Å². The third kappa shape index (κ3) is 4.65. The predicted molar refractivity (Wildman–Crippen MR) is 54.0 cm³/mol. The first-order valence-corrected chi connectivity index (χ1v) is 7.07. The molecule has 0 saturated carbocycles. The molecule has 0 bridgehead atoms. The Morgan fingerprint density at radius 3 is 1.75 bits per heavy atom. The van der Waals surface area contributed by atoms with Gasteiger partial charge in [0, 0.05) is 0 Å². The molecule has 1 aromatic carbocycles. The molecule has 0 amide bonds. The minimum Gasteiger partial charge on any atom is -1.00 e. The zero-order valence-corrected chi connectivity index (χ0v) is 11.9. The van der Waals surface area contributed by atoms with E-state index in [0.717, 1.165) is 0 Å². The second kappa shape index (κ2) is 6.18. The smallest absolute Gasteiger partial charge is 1.00 e. The van der Waals surface area contributed by atoms with Gasteiger partial charge in [-0.15, -0.1) is 0 Å². The maximum absolute atomic E-state index is 3.03. The average molecular weight is 253 g/mol. The largest absolute Gasteiger partial charge is 2.00 e. The minimum absolute atomic E-state index is 0. The molecule has 3 heteroatoms. The Labute approximate surface area is 103 Å². The van der Waals surface area contributed by atoms with Crippen LogP contribution in [0.1, 0.15) is 0 Å². The second-order valence-corrected chi connectivity index (χ2v) is 8.62. The normalized spacial score (nSPS) is 9.58. The summed E-state index contributed by atoms with van der Waals surface area (Å²) in [7, 11) is -1.05. The Hall–Kier alpha value is 0.683. The first-order valence-electron chi connectivity index (χ1n) is 3.57. The molecule has 0 unspecified atom stereocenters. The molecule has 12 heavy (non-hydrogen) atoms. The maximum Gasteiger partial charge on any atom is 2.00 e. The van der Waals surface area contributed by atoms with E-state index >= 15 is 0 Å². The third-order valence-electron chi connectivity index (χ3n) is 1.58. The van der Waals surface area contributed by atoms with Gasteiger partial charge in [0.1, 0.15) is 0 Å². The molecule has 1 rings (SSSR count). The molecule has 1 aromatic rings.